The molecule has 1 aromatic rings. The van der Waals surface area contributed by atoms with Crippen LogP contribution in [0, 0.1) is 5.92 Å². The van der Waals surface area contributed by atoms with Gasteiger partial charge >= 0.3 is 18.4 Å². The highest BCUT2D eigenvalue weighted by atomic mass is 19.4. The molecule has 12 heteroatoms. The molecule has 0 saturated heterocycles. The van der Waals surface area contributed by atoms with E-state index >= 15 is 0 Å². The van der Waals surface area contributed by atoms with Crippen molar-refractivity contribution in [3.8, 4) is 5.75 Å². The highest BCUT2D eigenvalue weighted by molar-refractivity contribution is 5.85. The van der Waals surface area contributed by atoms with Gasteiger partial charge in [0.2, 0.25) is 5.91 Å². The Balaban J connectivity index is 2.88. The van der Waals surface area contributed by atoms with Crippen LogP contribution in [0.5, 0.6) is 5.75 Å². The van der Waals surface area contributed by atoms with Crippen LogP contribution in [0.15, 0.2) is 18.2 Å². The smallest absolute Gasteiger partial charge is 0.416 e. The topological polar surface area (TPSA) is 76.7 Å². The Morgan fingerprint density at radius 1 is 0.882 bits per heavy atom. The second-order valence-electron chi connectivity index (χ2n) is 9.29. The number of alkyl halides is 6. The van der Waals surface area contributed by atoms with E-state index in [1.807, 2.05) is 13.8 Å². The third kappa shape index (κ3) is 10.5. The molecule has 2 N–H and O–H groups in total. The molecule has 0 fully saturated rings. The Morgan fingerprint density at radius 2 is 1.38 bits per heavy atom. The van der Waals surface area contributed by atoms with Gasteiger partial charge in [-0.25, -0.2) is 4.79 Å². The second kappa shape index (κ2) is 11.2. The van der Waals surface area contributed by atoms with Crippen LogP contribution in [0.3, 0.4) is 0 Å². The maximum absolute atomic E-state index is 13.0. The van der Waals surface area contributed by atoms with Gasteiger partial charge in [-0.1, -0.05) is 13.8 Å². The minimum Gasteiger partial charge on any atom is -0.491 e. The molecular formula is C22H30F6N2O4. The van der Waals surface area contributed by atoms with Gasteiger partial charge in [0.05, 0.1) is 17.2 Å². The number of hydrogen-bond donors (Lipinski definition) is 2. The summed E-state index contributed by atoms with van der Waals surface area (Å²) in [5.74, 6) is -1.23. The summed E-state index contributed by atoms with van der Waals surface area (Å²) in [4.78, 5) is 24.7. The first-order valence-corrected chi connectivity index (χ1v) is 10.5. The van der Waals surface area contributed by atoms with Crippen molar-refractivity contribution in [2.24, 2.45) is 5.92 Å². The fourth-order valence-corrected chi connectivity index (χ4v) is 2.77. The lowest BCUT2D eigenvalue weighted by atomic mass is 10.0. The first-order valence-electron chi connectivity index (χ1n) is 10.5. The molecule has 34 heavy (non-hydrogen) atoms. The van der Waals surface area contributed by atoms with Gasteiger partial charge in [0.1, 0.15) is 24.0 Å². The fraction of sp³-hybridized carbons (Fsp3) is 0.636. The third-order valence-electron chi connectivity index (χ3n) is 4.16. The summed E-state index contributed by atoms with van der Waals surface area (Å²) >= 11 is 0. The van der Waals surface area contributed by atoms with Crippen molar-refractivity contribution in [1.29, 1.82) is 0 Å². The predicted molar refractivity (Wildman–Crippen MR) is 112 cm³/mol. The fourth-order valence-electron chi connectivity index (χ4n) is 2.77. The second-order valence-corrected chi connectivity index (χ2v) is 9.29. The summed E-state index contributed by atoms with van der Waals surface area (Å²) in [6, 6.07) is -0.865. The average molecular weight is 500 g/mol. The van der Waals surface area contributed by atoms with E-state index in [0.29, 0.717) is 12.1 Å². The Morgan fingerprint density at radius 3 is 1.79 bits per heavy atom. The zero-order valence-electron chi connectivity index (χ0n) is 19.8. The SMILES string of the molecule is CC(C)C[C@@H](NC(=O)OC(C)(C)C)C(=O)N[C@@H](C)COc1cc(C(F)(F)F)cc(C(F)(F)F)c1. The van der Waals surface area contributed by atoms with Crippen LogP contribution in [0.2, 0.25) is 0 Å². The summed E-state index contributed by atoms with van der Waals surface area (Å²) in [6.45, 7) is 9.66. The monoisotopic (exact) mass is 500 g/mol. The third-order valence-corrected chi connectivity index (χ3v) is 4.16. The van der Waals surface area contributed by atoms with Gasteiger partial charge in [0.25, 0.3) is 0 Å². The number of halogens is 6. The number of hydrogen-bond acceptors (Lipinski definition) is 4. The molecule has 194 valence electrons. The minimum atomic E-state index is -5.00. The quantitative estimate of drug-likeness (QED) is 0.459. The first kappa shape index (κ1) is 29.4. The van der Waals surface area contributed by atoms with Crippen LogP contribution in [-0.4, -0.2) is 36.3 Å². The lowest BCUT2D eigenvalue weighted by Gasteiger charge is -2.25. The van der Waals surface area contributed by atoms with Crippen molar-refractivity contribution in [3.05, 3.63) is 29.3 Å². The van der Waals surface area contributed by atoms with E-state index in [-0.39, 0.29) is 18.4 Å². The summed E-state index contributed by atoms with van der Waals surface area (Å²) in [6.07, 6.45) is -10.5. The van der Waals surface area contributed by atoms with Gasteiger partial charge in [-0.3, -0.25) is 4.79 Å². The Hall–Kier alpha value is -2.66. The molecule has 0 spiro atoms. The number of ether oxygens (including phenoxy) is 2. The van der Waals surface area contributed by atoms with Crippen LogP contribution in [-0.2, 0) is 21.9 Å². The number of rotatable bonds is 8. The molecule has 0 heterocycles. The van der Waals surface area contributed by atoms with E-state index < -0.39 is 65.5 Å². The molecule has 0 aromatic heterocycles. The molecule has 0 bridgehead atoms. The average Bonchev–Trinajstić information content (AvgIpc) is 2.62. The highest BCUT2D eigenvalue weighted by Crippen LogP contribution is 2.38. The zero-order chi connectivity index (χ0) is 26.5. The molecule has 0 aliphatic rings. The molecule has 0 aliphatic carbocycles. The van der Waals surface area contributed by atoms with E-state index in [0.717, 1.165) is 0 Å². The molecule has 2 amide bonds. The van der Waals surface area contributed by atoms with Crippen LogP contribution in [0.25, 0.3) is 0 Å². The molecule has 6 nitrogen and oxygen atoms in total. The van der Waals surface area contributed by atoms with Gasteiger partial charge in [0, 0.05) is 0 Å². The standard InChI is InChI=1S/C22H30F6N2O4/c1-12(2)7-17(30-19(32)34-20(4,5)6)18(31)29-13(3)11-33-16-9-14(21(23,24)25)8-15(10-16)22(26,27)28/h8-10,12-13,17H,7,11H2,1-6H3,(H,29,31)(H,30,32)/t13-,17+/m0/s1. The first-order chi connectivity index (χ1) is 15.3. The maximum atomic E-state index is 13.0. The number of alkyl carbamates (subject to hydrolysis) is 1. The molecule has 1 aromatic carbocycles. The highest BCUT2D eigenvalue weighted by Gasteiger charge is 2.37. The number of benzene rings is 1. The number of amides is 2. The molecule has 0 unspecified atom stereocenters. The van der Waals surface area contributed by atoms with Crippen molar-refractivity contribution in [3.63, 3.8) is 0 Å². The van der Waals surface area contributed by atoms with E-state index in [9.17, 15) is 35.9 Å². The van der Waals surface area contributed by atoms with E-state index in [2.05, 4.69) is 10.6 Å². The molecule has 0 aliphatic heterocycles. The van der Waals surface area contributed by atoms with Crippen LogP contribution < -0.4 is 15.4 Å². The van der Waals surface area contributed by atoms with Crippen molar-refractivity contribution in [1.82, 2.24) is 10.6 Å². The van der Waals surface area contributed by atoms with Gasteiger partial charge in [0.15, 0.2) is 0 Å². The van der Waals surface area contributed by atoms with E-state index in [1.54, 1.807) is 20.8 Å². The minimum absolute atomic E-state index is 0.00306. The Labute approximate surface area is 194 Å². The Bertz CT molecular complexity index is 815. The van der Waals surface area contributed by atoms with Crippen molar-refractivity contribution >= 4 is 12.0 Å². The normalized spacial score (nSPS) is 14.4. The van der Waals surface area contributed by atoms with Crippen LogP contribution >= 0.6 is 0 Å². The largest absolute Gasteiger partial charge is 0.491 e. The van der Waals surface area contributed by atoms with E-state index in [1.165, 1.54) is 6.92 Å². The maximum Gasteiger partial charge on any atom is 0.416 e. The molecule has 0 radical (unpaired) electrons. The van der Waals surface area contributed by atoms with Gasteiger partial charge in [-0.15, -0.1) is 0 Å². The zero-order valence-corrected chi connectivity index (χ0v) is 19.8. The number of carbonyl (C=O) groups excluding carboxylic acids is 2. The predicted octanol–water partition coefficient (Wildman–Crippen LogP) is 5.55. The van der Waals surface area contributed by atoms with Gasteiger partial charge < -0.3 is 20.1 Å². The van der Waals surface area contributed by atoms with Crippen molar-refractivity contribution < 1.29 is 45.4 Å². The lowest BCUT2D eigenvalue weighted by molar-refractivity contribution is -0.143. The van der Waals surface area contributed by atoms with Gasteiger partial charge in [-0.05, 0) is 58.2 Å². The molecular weight excluding hydrogens is 470 g/mol. The van der Waals surface area contributed by atoms with Crippen molar-refractivity contribution in [2.75, 3.05) is 6.61 Å². The summed E-state index contributed by atoms with van der Waals surface area (Å²) < 4.78 is 88.2. The van der Waals surface area contributed by atoms with Crippen LogP contribution in [0.4, 0.5) is 31.1 Å². The van der Waals surface area contributed by atoms with Crippen LogP contribution in [0.1, 0.15) is 59.1 Å². The molecule has 0 saturated carbocycles. The summed E-state index contributed by atoms with van der Waals surface area (Å²) in [5.41, 5.74) is -3.80. The Kier molecular flexibility index (Phi) is 9.66. The van der Waals surface area contributed by atoms with Crippen molar-refractivity contribution in [2.45, 2.75) is 78.0 Å². The summed E-state index contributed by atoms with van der Waals surface area (Å²) in [7, 11) is 0. The number of carbonyl (C=O) groups is 2. The van der Waals surface area contributed by atoms with Gasteiger partial charge in [-0.2, -0.15) is 26.3 Å². The van der Waals surface area contributed by atoms with E-state index in [4.69, 9.17) is 9.47 Å². The number of nitrogens with one attached hydrogen (secondary N) is 2. The molecule has 2 atom stereocenters. The lowest BCUT2D eigenvalue weighted by Crippen LogP contribution is -2.51. The summed E-state index contributed by atoms with van der Waals surface area (Å²) in [5, 5.41) is 5.00. The molecule has 1 rings (SSSR count).